The predicted molar refractivity (Wildman–Crippen MR) is 119 cm³/mol. The normalized spacial score (nSPS) is 11.7. The summed E-state index contributed by atoms with van der Waals surface area (Å²) in [5.74, 6) is 1.21. The van der Waals surface area contributed by atoms with E-state index in [9.17, 15) is 4.79 Å². The van der Waals surface area contributed by atoms with E-state index in [4.69, 9.17) is 9.47 Å². The van der Waals surface area contributed by atoms with Crippen molar-refractivity contribution < 1.29 is 14.3 Å². The summed E-state index contributed by atoms with van der Waals surface area (Å²) in [6, 6.07) is 24.4. The summed E-state index contributed by atoms with van der Waals surface area (Å²) >= 11 is 0. The first-order chi connectivity index (χ1) is 14.7. The molecule has 0 aliphatic heterocycles. The topological polar surface area (TPSA) is 72.0 Å². The third-order valence-corrected chi connectivity index (χ3v) is 4.40. The molecule has 0 fully saturated rings. The van der Waals surface area contributed by atoms with Gasteiger partial charge in [0.1, 0.15) is 24.1 Å². The summed E-state index contributed by atoms with van der Waals surface area (Å²) in [4.78, 5) is 12.3. The van der Waals surface area contributed by atoms with Crippen molar-refractivity contribution in [2.45, 2.75) is 19.6 Å². The summed E-state index contributed by atoms with van der Waals surface area (Å²) in [6.07, 6.45) is 1.58. The van der Waals surface area contributed by atoms with Crippen LogP contribution in [-0.4, -0.2) is 25.3 Å². The van der Waals surface area contributed by atoms with Crippen LogP contribution in [0, 0.1) is 0 Å². The molecule has 1 amide bonds. The summed E-state index contributed by atoms with van der Waals surface area (Å²) in [5, 5.41) is 7.21. The zero-order valence-electron chi connectivity index (χ0n) is 17.0. The van der Waals surface area contributed by atoms with E-state index < -0.39 is 6.04 Å². The van der Waals surface area contributed by atoms with Gasteiger partial charge in [-0.05, 0) is 48.9 Å². The fourth-order valence-electron chi connectivity index (χ4n) is 2.72. The number of benzene rings is 3. The number of nitrogens with zero attached hydrogens (tertiary/aromatic N) is 1. The van der Waals surface area contributed by atoms with Crippen molar-refractivity contribution in [3.05, 3.63) is 90.0 Å². The largest absolute Gasteiger partial charge is 0.497 e. The maximum absolute atomic E-state index is 12.3. The molecular weight excluding hydrogens is 378 g/mol. The van der Waals surface area contributed by atoms with Gasteiger partial charge in [0.25, 0.3) is 5.91 Å². The Hall–Kier alpha value is -3.80. The number of anilines is 1. The summed E-state index contributed by atoms with van der Waals surface area (Å²) in [5.41, 5.74) is 5.25. The Morgan fingerprint density at radius 2 is 1.70 bits per heavy atom. The van der Waals surface area contributed by atoms with Crippen LogP contribution in [0.1, 0.15) is 18.1 Å². The molecule has 6 nitrogen and oxygen atoms in total. The zero-order chi connectivity index (χ0) is 21.2. The second-order valence-corrected chi connectivity index (χ2v) is 6.64. The molecule has 0 heterocycles. The summed E-state index contributed by atoms with van der Waals surface area (Å²) < 4.78 is 11.0. The van der Waals surface area contributed by atoms with Crippen molar-refractivity contribution in [1.29, 1.82) is 0 Å². The van der Waals surface area contributed by atoms with Crippen LogP contribution in [0.2, 0.25) is 0 Å². The van der Waals surface area contributed by atoms with E-state index in [2.05, 4.69) is 15.8 Å². The molecule has 0 aliphatic rings. The molecular formula is C24H25N3O3. The number of methoxy groups -OCH3 is 1. The van der Waals surface area contributed by atoms with E-state index in [0.717, 1.165) is 22.6 Å². The third-order valence-electron chi connectivity index (χ3n) is 4.40. The van der Waals surface area contributed by atoms with E-state index in [1.807, 2.05) is 78.9 Å². The number of hydrogen-bond acceptors (Lipinski definition) is 5. The fourth-order valence-corrected chi connectivity index (χ4v) is 2.72. The maximum Gasteiger partial charge on any atom is 0.262 e. The van der Waals surface area contributed by atoms with E-state index >= 15 is 0 Å². The number of carbonyl (C=O) groups excluding carboxylic acids is 1. The first-order valence-electron chi connectivity index (χ1n) is 9.65. The van der Waals surface area contributed by atoms with Gasteiger partial charge in [-0.2, -0.15) is 5.10 Å². The fraction of sp³-hybridized carbons (Fsp3) is 0.167. The Morgan fingerprint density at radius 1 is 1.00 bits per heavy atom. The number of hydrogen-bond donors (Lipinski definition) is 2. The molecule has 1 atom stereocenters. The van der Waals surface area contributed by atoms with E-state index in [-0.39, 0.29) is 5.91 Å². The molecule has 3 rings (SSSR count). The molecule has 0 radical (unpaired) electrons. The van der Waals surface area contributed by atoms with Crippen LogP contribution in [0.5, 0.6) is 11.5 Å². The molecule has 0 saturated heterocycles. The lowest BCUT2D eigenvalue weighted by Gasteiger charge is -2.14. The third kappa shape index (κ3) is 6.10. The van der Waals surface area contributed by atoms with E-state index in [1.54, 1.807) is 20.2 Å². The SMILES string of the molecule is COc1ccc(N[C@@H](C)C(=O)N/N=C\c2ccccc2OCc2ccccc2)cc1. The quantitative estimate of drug-likeness (QED) is 0.414. The van der Waals surface area contributed by atoms with Gasteiger partial charge < -0.3 is 14.8 Å². The molecule has 2 N–H and O–H groups in total. The van der Waals surface area contributed by atoms with Gasteiger partial charge in [-0.15, -0.1) is 0 Å². The first kappa shape index (κ1) is 20.9. The summed E-state index contributed by atoms with van der Waals surface area (Å²) in [6.45, 7) is 2.23. The molecule has 3 aromatic rings. The molecule has 3 aromatic carbocycles. The van der Waals surface area contributed by atoms with Crippen LogP contribution in [0.4, 0.5) is 5.69 Å². The van der Waals surface area contributed by atoms with Gasteiger partial charge in [0.05, 0.1) is 13.3 Å². The predicted octanol–water partition coefficient (Wildman–Crippen LogP) is 4.22. The van der Waals surface area contributed by atoms with Crippen LogP contribution in [0.3, 0.4) is 0 Å². The summed E-state index contributed by atoms with van der Waals surface area (Å²) in [7, 11) is 1.61. The van der Waals surface area contributed by atoms with Crippen molar-refractivity contribution in [2.24, 2.45) is 5.10 Å². The minimum atomic E-state index is -0.458. The number of nitrogens with one attached hydrogen (secondary N) is 2. The Balaban J connectivity index is 1.54. The van der Waals surface area contributed by atoms with Crippen molar-refractivity contribution in [2.75, 3.05) is 12.4 Å². The standard InChI is InChI=1S/C24H25N3O3/c1-18(26-21-12-14-22(29-2)15-13-21)24(28)27-25-16-20-10-6-7-11-23(20)30-17-19-8-4-3-5-9-19/h3-16,18,26H,17H2,1-2H3,(H,27,28)/b25-16-/t18-/m0/s1. The van der Waals surface area contributed by atoms with Gasteiger partial charge in [-0.3, -0.25) is 4.79 Å². The molecule has 154 valence electrons. The number of amides is 1. The lowest BCUT2D eigenvalue weighted by Crippen LogP contribution is -2.34. The Bertz CT molecular complexity index is 973. The van der Waals surface area contributed by atoms with Gasteiger partial charge in [0.2, 0.25) is 0 Å². The molecule has 0 aliphatic carbocycles. The monoisotopic (exact) mass is 403 g/mol. The first-order valence-corrected chi connectivity index (χ1v) is 9.65. The molecule has 0 bridgehead atoms. The zero-order valence-corrected chi connectivity index (χ0v) is 17.0. The maximum atomic E-state index is 12.3. The molecule has 0 spiro atoms. The van der Waals surface area contributed by atoms with Gasteiger partial charge in [0.15, 0.2) is 0 Å². The Labute approximate surface area is 176 Å². The van der Waals surface area contributed by atoms with Crippen LogP contribution < -0.4 is 20.2 Å². The minimum absolute atomic E-state index is 0.246. The van der Waals surface area contributed by atoms with Crippen molar-refractivity contribution in [3.63, 3.8) is 0 Å². The molecule has 6 heteroatoms. The smallest absolute Gasteiger partial charge is 0.262 e. The van der Waals surface area contributed by atoms with Crippen molar-refractivity contribution in [1.82, 2.24) is 5.43 Å². The highest BCUT2D eigenvalue weighted by atomic mass is 16.5. The number of ether oxygens (including phenoxy) is 2. The van der Waals surface area contributed by atoms with Crippen molar-refractivity contribution in [3.8, 4) is 11.5 Å². The number of carbonyl (C=O) groups is 1. The molecule has 0 aromatic heterocycles. The highest BCUT2D eigenvalue weighted by Gasteiger charge is 2.11. The van der Waals surface area contributed by atoms with Crippen molar-refractivity contribution >= 4 is 17.8 Å². The molecule has 0 unspecified atom stereocenters. The Kier molecular flexibility index (Phi) is 7.44. The van der Waals surface area contributed by atoms with Gasteiger partial charge in [-0.1, -0.05) is 42.5 Å². The second-order valence-electron chi connectivity index (χ2n) is 6.64. The highest BCUT2D eigenvalue weighted by molar-refractivity contribution is 5.87. The van der Waals surface area contributed by atoms with Crippen LogP contribution >= 0.6 is 0 Å². The van der Waals surface area contributed by atoms with E-state index in [0.29, 0.717) is 12.4 Å². The molecule has 0 saturated carbocycles. The number of hydrazone groups is 1. The minimum Gasteiger partial charge on any atom is -0.497 e. The molecule has 30 heavy (non-hydrogen) atoms. The van der Waals surface area contributed by atoms with E-state index in [1.165, 1.54) is 0 Å². The van der Waals surface area contributed by atoms with Crippen LogP contribution in [0.25, 0.3) is 0 Å². The van der Waals surface area contributed by atoms with Gasteiger partial charge in [0, 0.05) is 11.3 Å². The average Bonchev–Trinajstić information content (AvgIpc) is 2.79. The number of para-hydroxylation sites is 1. The highest BCUT2D eigenvalue weighted by Crippen LogP contribution is 2.18. The Morgan fingerprint density at radius 3 is 2.43 bits per heavy atom. The number of rotatable bonds is 9. The lowest BCUT2D eigenvalue weighted by atomic mass is 10.2. The lowest BCUT2D eigenvalue weighted by molar-refractivity contribution is -0.121. The van der Waals surface area contributed by atoms with Crippen LogP contribution in [0.15, 0.2) is 84.0 Å². The average molecular weight is 403 g/mol. The van der Waals surface area contributed by atoms with Gasteiger partial charge >= 0.3 is 0 Å². The van der Waals surface area contributed by atoms with Gasteiger partial charge in [-0.25, -0.2) is 5.43 Å². The second kappa shape index (κ2) is 10.7. The van der Waals surface area contributed by atoms with Crippen LogP contribution in [-0.2, 0) is 11.4 Å².